The van der Waals surface area contributed by atoms with E-state index in [-0.39, 0.29) is 42.2 Å². The van der Waals surface area contributed by atoms with E-state index in [0.717, 1.165) is 42.0 Å². The van der Waals surface area contributed by atoms with Crippen LogP contribution in [-0.2, 0) is 4.79 Å². The first kappa shape index (κ1) is 19.5. The lowest BCUT2D eigenvalue weighted by molar-refractivity contribution is -0.384. The summed E-state index contributed by atoms with van der Waals surface area (Å²) in [6.45, 7) is 0. The first-order chi connectivity index (χ1) is 11.4. The van der Waals surface area contributed by atoms with Crippen molar-refractivity contribution in [1.82, 2.24) is 4.90 Å². The average molecular weight is 389 g/mol. The molecule has 3 rings (SSSR count). The summed E-state index contributed by atoms with van der Waals surface area (Å²) >= 11 is 1.62. The van der Waals surface area contributed by atoms with Crippen molar-refractivity contribution in [3.05, 3.63) is 34.1 Å². The predicted molar refractivity (Wildman–Crippen MR) is 98.0 cm³/mol. The fourth-order valence-electron chi connectivity index (χ4n) is 2.36. The Kier molecular flexibility index (Phi) is 6.23. The number of amidine groups is 1. The summed E-state index contributed by atoms with van der Waals surface area (Å²) in [5.74, 6) is -0.328. The van der Waals surface area contributed by atoms with Gasteiger partial charge in [0.05, 0.1) is 16.7 Å². The molecule has 0 spiro atoms. The van der Waals surface area contributed by atoms with E-state index in [9.17, 15) is 19.3 Å². The van der Waals surface area contributed by atoms with Crippen molar-refractivity contribution in [3.63, 3.8) is 0 Å². The van der Waals surface area contributed by atoms with Crippen LogP contribution in [0.15, 0.2) is 23.2 Å². The van der Waals surface area contributed by atoms with Crippen molar-refractivity contribution in [2.75, 3.05) is 18.1 Å². The zero-order valence-electron chi connectivity index (χ0n) is 13.5. The van der Waals surface area contributed by atoms with Crippen LogP contribution in [0, 0.1) is 15.9 Å². The minimum absolute atomic E-state index is 0. The van der Waals surface area contributed by atoms with E-state index >= 15 is 0 Å². The van der Waals surface area contributed by atoms with Crippen LogP contribution < -0.4 is 5.32 Å². The van der Waals surface area contributed by atoms with Gasteiger partial charge >= 0.3 is 0 Å². The van der Waals surface area contributed by atoms with Gasteiger partial charge < -0.3 is 10.2 Å². The van der Waals surface area contributed by atoms with E-state index < -0.39 is 10.7 Å². The van der Waals surface area contributed by atoms with Crippen LogP contribution in [0.5, 0.6) is 0 Å². The van der Waals surface area contributed by atoms with Crippen LogP contribution in [0.1, 0.15) is 19.3 Å². The zero-order chi connectivity index (χ0) is 17.3. The van der Waals surface area contributed by atoms with E-state index in [1.807, 2.05) is 11.9 Å². The fourth-order valence-corrected chi connectivity index (χ4v) is 3.62. The molecule has 2 aliphatic rings. The third-order valence-corrected chi connectivity index (χ3v) is 5.15. The lowest BCUT2D eigenvalue weighted by Crippen LogP contribution is -2.33. The van der Waals surface area contributed by atoms with Gasteiger partial charge in [-0.3, -0.25) is 19.9 Å². The number of amides is 1. The smallest absolute Gasteiger partial charge is 0.271 e. The normalized spacial score (nSPS) is 21.1. The van der Waals surface area contributed by atoms with Crippen molar-refractivity contribution in [2.45, 2.75) is 31.3 Å². The highest BCUT2D eigenvalue weighted by Gasteiger charge is 2.31. The molecule has 1 saturated heterocycles. The Labute approximate surface area is 154 Å². The predicted octanol–water partition coefficient (Wildman–Crippen LogP) is 3.05. The van der Waals surface area contributed by atoms with Crippen molar-refractivity contribution in [2.24, 2.45) is 4.99 Å². The molecule has 1 unspecified atom stereocenters. The second-order valence-electron chi connectivity index (χ2n) is 5.89. The number of carbonyl (C=O) groups excluding carboxylic acids is 1. The van der Waals surface area contributed by atoms with E-state index in [4.69, 9.17) is 0 Å². The molecular weight excluding hydrogens is 371 g/mol. The van der Waals surface area contributed by atoms with Crippen LogP contribution in [0.3, 0.4) is 0 Å². The molecule has 25 heavy (non-hydrogen) atoms. The lowest BCUT2D eigenvalue weighted by atomic mass is 10.2. The van der Waals surface area contributed by atoms with Gasteiger partial charge in [-0.05, 0) is 18.9 Å². The molecule has 1 saturated carbocycles. The topological polar surface area (TPSA) is 87.8 Å². The molecule has 1 heterocycles. The summed E-state index contributed by atoms with van der Waals surface area (Å²) in [5.41, 5.74) is -0.437. The highest BCUT2D eigenvalue weighted by molar-refractivity contribution is 8.14. The summed E-state index contributed by atoms with van der Waals surface area (Å²) in [6, 6.07) is 3.47. The van der Waals surface area contributed by atoms with Crippen molar-refractivity contribution >= 4 is 46.6 Å². The van der Waals surface area contributed by atoms with Crippen molar-refractivity contribution in [1.29, 1.82) is 0 Å². The Morgan fingerprint density at radius 3 is 2.88 bits per heavy atom. The molecule has 1 N–H and O–H groups in total. The van der Waals surface area contributed by atoms with Gasteiger partial charge in [0.2, 0.25) is 5.91 Å². The molecule has 1 aromatic carbocycles. The number of non-ortho nitro benzene ring substituents is 1. The average Bonchev–Trinajstić information content (AvgIpc) is 3.29. The van der Waals surface area contributed by atoms with Gasteiger partial charge in [-0.15, -0.1) is 12.4 Å². The molecule has 0 radical (unpaired) electrons. The van der Waals surface area contributed by atoms with Gasteiger partial charge in [0.1, 0.15) is 5.82 Å². The number of nitrogens with zero attached hydrogens (tertiary/aromatic N) is 3. The second kappa shape index (κ2) is 8.01. The summed E-state index contributed by atoms with van der Waals surface area (Å²) in [4.78, 5) is 28.9. The number of nitro benzene ring substituents is 1. The maximum atomic E-state index is 13.7. The van der Waals surface area contributed by atoms with Gasteiger partial charge in [-0.2, -0.15) is 0 Å². The number of hydrogen-bond donors (Lipinski definition) is 1. The van der Waals surface area contributed by atoms with E-state index in [2.05, 4.69) is 10.3 Å². The number of nitrogens with one attached hydrogen (secondary N) is 1. The van der Waals surface area contributed by atoms with Crippen LogP contribution in [0.2, 0.25) is 0 Å². The Balaban J connectivity index is 0.00000225. The number of halogens is 2. The largest absolute Gasteiger partial charge is 0.350 e. The first-order valence-electron chi connectivity index (χ1n) is 7.61. The maximum absolute atomic E-state index is 13.7. The van der Waals surface area contributed by atoms with E-state index in [1.165, 1.54) is 0 Å². The Morgan fingerprint density at radius 1 is 1.52 bits per heavy atom. The molecular formula is C15H18ClFN4O3S. The molecule has 7 nitrogen and oxygen atoms in total. The minimum Gasteiger partial charge on any atom is -0.350 e. The van der Waals surface area contributed by atoms with Crippen LogP contribution in [0.4, 0.5) is 15.8 Å². The van der Waals surface area contributed by atoms with Crippen molar-refractivity contribution < 1.29 is 14.1 Å². The Hall–Kier alpha value is -1.87. The zero-order valence-corrected chi connectivity index (χ0v) is 15.1. The molecule has 10 heteroatoms. The van der Waals surface area contributed by atoms with Gasteiger partial charge in [-0.1, -0.05) is 11.8 Å². The molecule has 136 valence electrons. The molecule has 0 aromatic heterocycles. The third-order valence-electron chi connectivity index (χ3n) is 3.95. The Morgan fingerprint density at radius 2 is 2.24 bits per heavy atom. The number of rotatable bonds is 5. The Bertz CT molecular complexity index is 714. The third kappa shape index (κ3) is 4.82. The molecule has 1 aliphatic carbocycles. The molecule has 1 atom stereocenters. The van der Waals surface area contributed by atoms with Gasteiger partial charge in [-0.25, -0.2) is 4.39 Å². The number of nitro groups is 1. The number of aliphatic imine (C=N–C) groups is 1. The number of thioether (sulfide) groups is 1. The molecule has 1 amide bonds. The lowest BCUT2D eigenvalue weighted by Gasteiger charge is -2.20. The molecule has 1 aromatic rings. The number of hydrogen-bond acceptors (Lipinski definition) is 5. The highest BCUT2D eigenvalue weighted by atomic mass is 35.5. The summed E-state index contributed by atoms with van der Waals surface area (Å²) in [7, 11) is 1.90. The quantitative estimate of drug-likeness (QED) is 0.618. The summed E-state index contributed by atoms with van der Waals surface area (Å²) in [6.07, 6.45) is 2.42. The van der Waals surface area contributed by atoms with Gasteiger partial charge in [0.25, 0.3) is 5.69 Å². The van der Waals surface area contributed by atoms with Gasteiger partial charge in [0, 0.05) is 37.4 Å². The SMILES string of the molecule is CN1C(=NC2CC2)SCC1CC(=O)Nc1cc([N+](=O)[O-])ccc1F.Cl. The first-order valence-corrected chi connectivity index (χ1v) is 8.60. The highest BCUT2D eigenvalue weighted by Crippen LogP contribution is 2.30. The van der Waals surface area contributed by atoms with E-state index in [0.29, 0.717) is 6.04 Å². The maximum Gasteiger partial charge on any atom is 0.271 e. The monoisotopic (exact) mass is 388 g/mol. The van der Waals surface area contributed by atoms with Gasteiger partial charge in [0.15, 0.2) is 5.17 Å². The fraction of sp³-hybridized carbons (Fsp3) is 0.467. The van der Waals surface area contributed by atoms with Crippen molar-refractivity contribution in [3.8, 4) is 0 Å². The molecule has 2 fully saturated rings. The number of benzene rings is 1. The summed E-state index contributed by atoms with van der Waals surface area (Å²) in [5, 5.41) is 14.1. The van der Waals surface area contributed by atoms with Crippen LogP contribution in [-0.4, -0.2) is 45.8 Å². The van der Waals surface area contributed by atoms with Crippen LogP contribution in [0.25, 0.3) is 0 Å². The molecule has 0 bridgehead atoms. The van der Waals surface area contributed by atoms with E-state index in [1.54, 1.807) is 11.8 Å². The number of carbonyl (C=O) groups is 1. The molecule has 1 aliphatic heterocycles. The summed E-state index contributed by atoms with van der Waals surface area (Å²) < 4.78 is 13.7. The standard InChI is InChI=1S/C15H17FN4O3S.ClH/c1-19-11(8-24-15(19)17-9-2-3-9)7-14(21)18-13-6-10(20(22)23)4-5-12(13)16;/h4-6,9,11H,2-3,7-8H2,1H3,(H,18,21);1H. The number of anilines is 1. The van der Waals surface area contributed by atoms with Crippen LogP contribution >= 0.6 is 24.2 Å². The minimum atomic E-state index is -0.695. The second-order valence-corrected chi connectivity index (χ2v) is 6.88.